The third kappa shape index (κ3) is 4.05. The molecular formula is C21H15FN4O5S. The van der Waals surface area contributed by atoms with Gasteiger partial charge in [-0.25, -0.2) is 9.37 Å². The third-order valence-electron chi connectivity index (χ3n) is 4.70. The molecule has 2 aromatic heterocycles. The average molecular weight is 454 g/mol. The Kier molecular flexibility index (Phi) is 5.65. The van der Waals surface area contributed by atoms with Crippen molar-refractivity contribution in [2.75, 3.05) is 12.4 Å². The number of nitrogens with one attached hydrogen (secondary N) is 1. The highest BCUT2D eigenvalue weighted by atomic mass is 32.1. The molecule has 0 aliphatic rings. The van der Waals surface area contributed by atoms with Crippen LogP contribution in [-0.2, 0) is 11.3 Å². The molecule has 0 radical (unpaired) electrons. The molecule has 2 heterocycles. The van der Waals surface area contributed by atoms with Gasteiger partial charge in [0.15, 0.2) is 0 Å². The lowest BCUT2D eigenvalue weighted by Crippen LogP contribution is -2.28. The van der Waals surface area contributed by atoms with Gasteiger partial charge in [-0.1, -0.05) is 12.1 Å². The summed E-state index contributed by atoms with van der Waals surface area (Å²) >= 11 is 1.28. The molecule has 11 heteroatoms. The minimum atomic E-state index is -0.575. The number of carbonyl (C=O) groups is 1. The number of nitrogens with zero attached hydrogens (tertiary/aromatic N) is 3. The van der Waals surface area contributed by atoms with E-state index >= 15 is 0 Å². The Morgan fingerprint density at radius 1 is 1.28 bits per heavy atom. The van der Waals surface area contributed by atoms with Crippen LogP contribution < -0.4 is 15.6 Å². The molecule has 0 unspecified atom stereocenters. The van der Waals surface area contributed by atoms with Gasteiger partial charge < -0.3 is 10.1 Å². The van der Waals surface area contributed by atoms with E-state index in [0.717, 1.165) is 4.57 Å². The number of amides is 1. The van der Waals surface area contributed by atoms with E-state index < -0.39 is 16.4 Å². The highest BCUT2D eigenvalue weighted by Crippen LogP contribution is 2.31. The van der Waals surface area contributed by atoms with Crippen LogP contribution in [0.5, 0.6) is 5.75 Å². The average Bonchev–Trinajstić information content (AvgIpc) is 3.21. The van der Waals surface area contributed by atoms with Gasteiger partial charge in [0.1, 0.15) is 22.9 Å². The number of carbonyl (C=O) groups excluding carboxylic acids is 1. The molecule has 4 rings (SSSR count). The number of rotatable bonds is 6. The van der Waals surface area contributed by atoms with Crippen molar-refractivity contribution in [3.63, 3.8) is 0 Å². The Bertz CT molecular complexity index is 1400. The lowest BCUT2D eigenvalue weighted by Gasteiger charge is -2.11. The zero-order chi connectivity index (χ0) is 22.8. The molecule has 2 aromatic carbocycles. The van der Waals surface area contributed by atoms with Crippen LogP contribution in [0.4, 0.5) is 15.8 Å². The topological polar surface area (TPSA) is 116 Å². The summed E-state index contributed by atoms with van der Waals surface area (Å²) in [6.45, 7) is -0.333. The molecule has 32 heavy (non-hydrogen) atoms. The molecule has 0 saturated heterocycles. The first-order valence-electron chi connectivity index (χ1n) is 9.22. The number of methoxy groups -OCH3 is 1. The maximum absolute atomic E-state index is 13.3. The normalized spacial score (nSPS) is 10.8. The molecule has 0 saturated carbocycles. The lowest BCUT2D eigenvalue weighted by molar-refractivity contribution is -0.384. The number of nitro benzene ring substituents is 1. The highest BCUT2D eigenvalue weighted by Gasteiger charge is 2.17. The van der Waals surface area contributed by atoms with Crippen molar-refractivity contribution in [2.45, 2.75) is 6.54 Å². The van der Waals surface area contributed by atoms with Crippen molar-refractivity contribution in [2.24, 2.45) is 0 Å². The molecule has 0 spiro atoms. The standard InChI is InChI=1S/C21H15FN4O5S/c1-31-17-8-14(26(29)30)6-7-16(17)24-18(27)9-25-11-23-20-19(21(25)28)15(10-32-20)12-2-4-13(22)5-3-12/h2-8,10-11H,9H2,1H3,(H,24,27). The molecule has 0 atom stereocenters. The second-order valence-electron chi connectivity index (χ2n) is 6.70. The fourth-order valence-electron chi connectivity index (χ4n) is 3.16. The summed E-state index contributed by atoms with van der Waals surface area (Å²) in [7, 11) is 1.32. The van der Waals surface area contributed by atoms with Crippen molar-refractivity contribution < 1.29 is 18.8 Å². The number of halogens is 1. The highest BCUT2D eigenvalue weighted by molar-refractivity contribution is 7.17. The number of fused-ring (bicyclic) bond motifs is 1. The van der Waals surface area contributed by atoms with Crippen molar-refractivity contribution in [3.05, 3.63) is 80.5 Å². The molecule has 0 fully saturated rings. The van der Waals surface area contributed by atoms with Crippen molar-refractivity contribution in [1.29, 1.82) is 0 Å². The van der Waals surface area contributed by atoms with Gasteiger partial charge in [-0.3, -0.25) is 24.3 Å². The van der Waals surface area contributed by atoms with Gasteiger partial charge >= 0.3 is 0 Å². The van der Waals surface area contributed by atoms with E-state index in [1.54, 1.807) is 17.5 Å². The van der Waals surface area contributed by atoms with Crippen LogP contribution in [-0.4, -0.2) is 27.5 Å². The summed E-state index contributed by atoms with van der Waals surface area (Å²) < 4.78 is 19.5. The van der Waals surface area contributed by atoms with Crippen LogP contribution in [0.2, 0.25) is 0 Å². The number of benzene rings is 2. The molecule has 0 aliphatic heterocycles. The number of hydrogen-bond acceptors (Lipinski definition) is 7. The van der Waals surface area contributed by atoms with Crippen LogP contribution in [0, 0.1) is 15.9 Å². The van der Waals surface area contributed by atoms with E-state index in [4.69, 9.17) is 4.74 Å². The zero-order valence-corrected chi connectivity index (χ0v) is 17.4. The van der Waals surface area contributed by atoms with E-state index in [0.29, 0.717) is 21.3 Å². The first-order chi connectivity index (χ1) is 15.4. The molecule has 1 N–H and O–H groups in total. The summed E-state index contributed by atoms with van der Waals surface area (Å²) in [5.41, 5.74) is 0.897. The van der Waals surface area contributed by atoms with E-state index in [2.05, 4.69) is 10.3 Å². The van der Waals surface area contributed by atoms with Gasteiger partial charge in [-0.2, -0.15) is 0 Å². The van der Waals surface area contributed by atoms with E-state index in [1.165, 1.54) is 55.1 Å². The first kappa shape index (κ1) is 21.1. The summed E-state index contributed by atoms with van der Waals surface area (Å²) in [4.78, 5) is 40.7. The minimum absolute atomic E-state index is 0.116. The van der Waals surface area contributed by atoms with Gasteiger partial charge in [-0.15, -0.1) is 11.3 Å². The maximum atomic E-state index is 13.3. The third-order valence-corrected chi connectivity index (χ3v) is 5.59. The Balaban J connectivity index is 1.62. The number of non-ortho nitro benzene ring substituents is 1. The lowest BCUT2D eigenvalue weighted by atomic mass is 10.1. The van der Waals surface area contributed by atoms with Crippen molar-refractivity contribution in [3.8, 4) is 16.9 Å². The smallest absolute Gasteiger partial charge is 0.273 e. The summed E-state index contributed by atoms with van der Waals surface area (Å²) in [6, 6.07) is 9.53. The van der Waals surface area contributed by atoms with Crippen LogP contribution >= 0.6 is 11.3 Å². The molecular weight excluding hydrogens is 439 g/mol. The van der Waals surface area contributed by atoms with E-state index in [-0.39, 0.29) is 29.5 Å². The largest absolute Gasteiger partial charge is 0.494 e. The van der Waals surface area contributed by atoms with Crippen molar-refractivity contribution >= 4 is 38.8 Å². The van der Waals surface area contributed by atoms with Gasteiger partial charge in [0, 0.05) is 17.0 Å². The summed E-state index contributed by atoms with van der Waals surface area (Å²) in [5.74, 6) is -0.814. The summed E-state index contributed by atoms with van der Waals surface area (Å²) in [5, 5.41) is 15.6. The first-order valence-corrected chi connectivity index (χ1v) is 10.1. The van der Waals surface area contributed by atoms with E-state index in [1.807, 2.05) is 0 Å². The Hall–Kier alpha value is -4.12. The quantitative estimate of drug-likeness (QED) is 0.350. The molecule has 162 valence electrons. The Morgan fingerprint density at radius 2 is 2.03 bits per heavy atom. The number of nitro groups is 1. The molecule has 9 nitrogen and oxygen atoms in total. The predicted molar refractivity (Wildman–Crippen MR) is 118 cm³/mol. The second kappa shape index (κ2) is 8.55. The number of anilines is 1. The number of thiophene rings is 1. The molecule has 0 aliphatic carbocycles. The molecule has 0 bridgehead atoms. The van der Waals surface area contributed by atoms with Gasteiger partial charge in [0.25, 0.3) is 11.2 Å². The fourth-order valence-corrected chi connectivity index (χ4v) is 4.07. The van der Waals surface area contributed by atoms with E-state index in [9.17, 15) is 24.1 Å². The van der Waals surface area contributed by atoms with Gasteiger partial charge in [0.05, 0.1) is 35.5 Å². The number of aromatic nitrogens is 2. The number of hydrogen-bond donors (Lipinski definition) is 1. The Labute approximate surface area is 183 Å². The van der Waals surface area contributed by atoms with Gasteiger partial charge in [-0.05, 0) is 23.8 Å². The van der Waals surface area contributed by atoms with Crippen LogP contribution in [0.3, 0.4) is 0 Å². The SMILES string of the molecule is COc1cc([N+](=O)[O-])ccc1NC(=O)Cn1cnc2scc(-c3ccc(F)cc3)c2c1=O. The maximum Gasteiger partial charge on any atom is 0.273 e. The predicted octanol–water partition coefficient (Wildman–Crippen LogP) is 3.82. The zero-order valence-electron chi connectivity index (χ0n) is 16.6. The number of ether oxygens (including phenoxy) is 1. The fraction of sp³-hybridized carbons (Fsp3) is 0.0952. The van der Waals surface area contributed by atoms with Crippen LogP contribution in [0.1, 0.15) is 0 Å². The van der Waals surface area contributed by atoms with Gasteiger partial charge in [0.2, 0.25) is 5.91 Å². The van der Waals surface area contributed by atoms with Crippen LogP contribution in [0.25, 0.3) is 21.3 Å². The monoisotopic (exact) mass is 454 g/mol. The Morgan fingerprint density at radius 3 is 2.72 bits per heavy atom. The summed E-state index contributed by atoms with van der Waals surface area (Å²) in [6.07, 6.45) is 1.28. The minimum Gasteiger partial charge on any atom is -0.494 e. The van der Waals surface area contributed by atoms with Crippen LogP contribution in [0.15, 0.2) is 59.0 Å². The molecule has 1 amide bonds. The van der Waals surface area contributed by atoms with Crippen molar-refractivity contribution in [1.82, 2.24) is 9.55 Å². The second-order valence-corrected chi connectivity index (χ2v) is 7.56. The molecule has 4 aromatic rings.